The van der Waals surface area contributed by atoms with Crippen molar-refractivity contribution in [2.75, 3.05) is 52.4 Å². The Morgan fingerprint density at radius 2 is 0.562 bits per heavy atom. The van der Waals surface area contributed by atoms with Gasteiger partial charge in [-0.25, -0.2) is 0 Å². The second-order valence-corrected chi connectivity index (χ2v) is 16.5. The zero-order valence-electron chi connectivity index (χ0n) is 36.0. The topological polar surface area (TPSA) is 157 Å². The van der Waals surface area contributed by atoms with Gasteiger partial charge in [-0.1, -0.05) is 121 Å². The summed E-state index contributed by atoms with van der Waals surface area (Å²) in [5.41, 5.74) is 4.91. The van der Waals surface area contributed by atoms with Crippen LogP contribution < -0.4 is 21.3 Å². The number of rotatable bonds is 18. The van der Waals surface area contributed by atoms with Crippen molar-refractivity contribution < 1.29 is 28.8 Å². The molecular weight excluding hydrogens is 805 g/mol. The van der Waals surface area contributed by atoms with Gasteiger partial charge >= 0.3 is 0 Å². The van der Waals surface area contributed by atoms with E-state index in [1.54, 1.807) is 24.3 Å². The van der Waals surface area contributed by atoms with E-state index in [2.05, 4.69) is 21.3 Å². The lowest BCUT2D eigenvalue weighted by Crippen LogP contribution is -2.42. The summed E-state index contributed by atoms with van der Waals surface area (Å²) in [5, 5.41) is 12.0. The first-order valence-corrected chi connectivity index (χ1v) is 22.2. The maximum Gasteiger partial charge on any atom is 0.253 e. The van der Waals surface area contributed by atoms with E-state index in [0.717, 1.165) is 22.3 Å². The largest absolute Gasteiger partial charge is 0.355 e. The number of nitrogens with one attached hydrogen (secondary N) is 4. The van der Waals surface area contributed by atoms with Gasteiger partial charge in [0.1, 0.15) is 0 Å². The molecule has 2 aliphatic heterocycles. The molecule has 4 atom stereocenters. The fraction of sp³-hybridized carbons (Fsp3) is 0.308. The Morgan fingerprint density at radius 1 is 0.344 bits per heavy atom. The molecule has 5 aromatic rings. The molecule has 0 aliphatic carbocycles. The summed E-state index contributed by atoms with van der Waals surface area (Å²) in [7, 11) is 0. The van der Waals surface area contributed by atoms with Crippen molar-refractivity contribution in [2.24, 2.45) is 23.7 Å². The monoisotopic (exact) mass is 860 g/mol. The third-order valence-corrected chi connectivity index (χ3v) is 12.2. The van der Waals surface area contributed by atoms with Crippen molar-refractivity contribution in [1.29, 1.82) is 0 Å². The molecule has 2 saturated heterocycles. The fourth-order valence-corrected chi connectivity index (χ4v) is 8.55. The third kappa shape index (κ3) is 12.1. The van der Waals surface area contributed by atoms with Crippen LogP contribution in [0.3, 0.4) is 0 Å². The van der Waals surface area contributed by atoms with E-state index in [1.165, 1.54) is 9.80 Å². The summed E-state index contributed by atoms with van der Waals surface area (Å²) in [4.78, 5) is 85.5. The van der Waals surface area contributed by atoms with E-state index in [9.17, 15) is 28.8 Å². The molecule has 330 valence electrons. The van der Waals surface area contributed by atoms with E-state index in [1.807, 2.05) is 121 Å². The van der Waals surface area contributed by atoms with E-state index >= 15 is 0 Å². The highest BCUT2D eigenvalue weighted by molar-refractivity contribution is 6.00. The summed E-state index contributed by atoms with van der Waals surface area (Å²) in [5.74, 6) is -4.86. The second kappa shape index (κ2) is 22.3. The van der Waals surface area contributed by atoms with Crippen molar-refractivity contribution >= 4 is 35.4 Å². The number of hydrogen-bond donors (Lipinski definition) is 4. The minimum absolute atomic E-state index is 0.0604. The van der Waals surface area contributed by atoms with Crippen LogP contribution in [0.2, 0.25) is 0 Å². The van der Waals surface area contributed by atoms with Gasteiger partial charge in [0.2, 0.25) is 23.6 Å². The first-order valence-electron chi connectivity index (χ1n) is 22.2. The molecule has 7 rings (SSSR count). The SMILES string of the molecule is O=C(NCCc1ccccc1)C1CN(C(=O)c2ccc(C(=O)N3C[C@@H](C(=O)NCCc4ccccc4)[C@H](C(=O)NCCc4ccccc4)C3)cc2)CC1C(=O)NCCc1ccccc1. The zero-order chi connectivity index (χ0) is 44.7. The summed E-state index contributed by atoms with van der Waals surface area (Å²) in [6.07, 6.45) is 2.51. The molecule has 0 saturated carbocycles. The Morgan fingerprint density at radius 3 is 0.781 bits per heavy atom. The third-order valence-electron chi connectivity index (χ3n) is 12.2. The van der Waals surface area contributed by atoms with Gasteiger partial charge in [0.25, 0.3) is 11.8 Å². The molecule has 2 unspecified atom stereocenters. The number of carbonyl (C=O) groups is 6. The summed E-state index contributed by atoms with van der Waals surface area (Å²) < 4.78 is 0. The lowest BCUT2D eigenvalue weighted by Gasteiger charge is -2.18. The minimum atomic E-state index is -0.751. The maximum absolute atomic E-state index is 14.0. The molecule has 0 radical (unpaired) electrons. The molecule has 4 N–H and O–H groups in total. The van der Waals surface area contributed by atoms with Gasteiger partial charge in [0.15, 0.2) is 0 Å². The van der Waals surface area contributed by atoms with Crippen LogP contribution in [0.15, 0.2) is 146 Å². The zero-order valence-corrected chi connectivity index (χ0v) is 36.0. The molecule has 2 aliphatic rings. The van der Waals surface area contributed by atoms with Crippen LogP contribution in [0.25, 0.3) is 0 Å². The number of amides is 6. The fourth-order valence-electron chi connectivity index (χ4n) is 8.55. The minimum Gasteiger partial charge on any atom is -0.355 e. The molecule has 0 spiro atoms. The predicted molar refractivity (Wildman–Crippen MR) is 245 cm³/mol. The molecule has 64 heavy (non-hydrogen) atoms. The molecule has 0 aromatic heterocycles. The highest BCUT2D eigenvalue weighted by Gasteiger charge is 2.45. The van der Waals surface area contributed by atoms with Gasteiger partial charge in [-0.15, -0.1) is 0 Å². The van der Waals surface area contributed by atoms with Crippen LogP contribution in [0.5, 0.6) is 0 Å². The number of carbonyl (C=O) groups excluding carboxylic acids is 6. The number of nitrogens with zero attached hydrogens (tertiary/aromatic N) is 2. The Bertz CT molecular complexity index is 2050. The average Bonchev–Trinajstić information content (AvgIpc) is 4.00. The predicted octanol–water partition coefficient (Wildman–Crippen LogP) is 4.50. The van der Waals surface area contributed by atoms with Crippen LogP contribution in [0, 0.1) is 23.7 Å². The van der Waals surface area contributed by atoms with E-state index in [-0.39, 0.29) is 61.6 Å². The Balaban J connectivity index is 0.988. The second-order valence-electron chi connectivity index (χ2n) is 16.5. The van der Waals surface area contributed by atoms with Crippen molar-refractivity contribution in [3.8, 4) is 0 Å². The number of likely N-dealkylation sites (tertiary alicyclic amines) is 2. The van der Waals surface area contributed by atoms with Gasteiger partial charge in [-0.3, -0.25) is 28.8 Å². The van der Waals surface area contributed by atoms with Gasteiger partial charge in [-0.2, -0.15) is 0 Å². The van der Waals surface area contributed by atoms with E-state index < -0.39 is 23.7 Å². The van der Waals surface area contributed by atoms with Crippen LogP contribution in [0.1, 0.15) is 43.0 Å². The maximum atomic E-state index is 14.0. The van der Waals surface area contributed by atoms with Crippen LogP contribution in [-0.2, 0) is 44.9 Å². The molecule has 2 heterocycles. The van der Waals surface area contributed by atoms with Gasteiger partial charge in [0.05, 0.1) is 23.7 Å². The van der Waals surface area contributed by atoms with Crippen molar-refractivity contribution in [1.82, 2.24) is 31.1 Å². The van der Waals surface area contributed by atoms with Crippen molar-refractivity contribution in [2.45, 2.75) is 25.7 Å². The molecule has 12 heteroatoms. The Hall–Kier alpha value is -7.08. The number of benzene rings is 5. The standard InChI is InChI=1S/C52H56N6O6/c59-47(53-29-25-37-13-5-1-6-14-37)43-33-57(34-44(43)48(60)54-30-26-38-15-7-2-8-16-38)51(63)41-21-23-42(24-22-41)52(64)58-35-45(49(61)55-31-27-39-17-9-3-10-18-39)46(36-58)50(62)56-32-28-40-19-11-4-12-20-40/h1-24,43-46H,25-36H2,(H,53,59)(H,54,60)(H,55,61)(H,56,62)/t43-,44-,45?,46?/m1/s1. The molecule has 6 amide bonds. The molecular formula is C52H56N6O6. The first-order chi connectivity index (χ1) is 31.2. The van der Waals surface area contributed by atoms with Gasteiger partial charge < -0.3 is 31.1 Å². The summed E-state index contributed by atoms with van der Waals surface area (Å²) in [6.45, 7) is 1.80. The lowest BCUT2D eigenvalue weighted by atomic mass is 9.94. The molecule has 5 aromatic carbocycles. The molecule has 12 nitrogen and oxygen atoms in total. The highest BCUT2D eigenvalue weighted by Crippen LogP contribution is 2.28. The lowest BCUT2D eigenvalue weighted by molar-refractivity contribution is -0.132. The van der Waals surface area contributed by atoms with Crippen LogP contribution in [-0.4, -0.2) is 97.6 Å². The van der Waals surface area contributed by atoms with Gasteiger partial charge in [-0.05, 0) is 72.2 Å². The highest BCUT2D eigenvalue weighted by atomic mass is 16.2. The summed E-state index contributed by atoms with van der Waals surface area (Å²) >= 11 is 0. The van der Waals surface area contributed by atoms with Crippen molar-refractivity contribution in [3.05, 3.63) is 179 Å². The van der Waals surface area contributed by atoms with Crippen LogP contribution >= 0.6 is 0 Å². The van der Waals surface area contributed by atoms with Gasteiger partial charge in [0, 0.05) is 63.5 Å². The van der Waals surface area contributed by atoms with Crippen LogP contribution in [0.4, 0.5) is 0 Å². The smallest absolute Gasteiger partial charge is 0.253 e. The van der Waals surface area contributed by atoms with E-state index in [4.69, 9.17) is 0 Å². The molecule has 2 fully saturated rings. The normalized spacial score (nSPS) is 17.9. The quantitative estimate of drug-likeness (QED) is 0.102. The summed E-state index contributed by atoms with van der Waals surface area (Å²) in [6, 6.07) is 45.5. The van der Waals surface area contributed by atoms with Crippen molar-refractivity contribution in [3.63, 3.8) is 0 Å². The number of hydrogen-bond acceptors (Lipinski definition) is 6. The average molecular weight is 861 g/mol. The Kier molecular flexibility index (Phi) is 15.7. The first kappa shape index (κ1) is 45.0. The Labute approximate surface area is 374 Å². The van der Waals surface area contributed by atoms with E-state index in [0.29, 0.717) is 63.0 Å². The molecule has 0 bridgehead atoms.